The van der Waals surface area contributed by atoms with Crippen molar-refractivity contribution >= 4 is 54.6 Å². The van der Waals surface area contributed by atoms with Gasteiger partial charge in [-0.2, -0.15) is 0 Å². The summed E-state index contributed by atoms with van der Waals surface area (Å²) in [5.74, 6) is 1.42. The molecule has 2 aromatic heterocycles. The van der Waals surface area contributed by atoms with Crippen molar-refractivity contribution in [3.05, 3.63) is 22.5 Å². The standard InChI is InChI=1S/C12H10ClNOS2/c1-7-14-11-10(17-7)6-9(15-4-3-13)8-2-5-16-12(8)11/h2,5-6H,3-4H2,1H3. The van der Waals surface area contributed by atoms with Gasteiger partial charge in [0.05, 0.1) is 25.8 Å². The minimum Gasteiger partial charge on any atom is -0.492 e. The van der Waals surface area contributed by atoms with E-state index in [0.29, 0.717) is 12.5 Å². The first kappa shape index (κ1) is 11.3. The maximum Gasteiger partial charge on any atom is 0.129 e. The van der Waals surface area contributed by atoms with Gasteiger partial charge >= 0.3 is 0 Å². The Morgan fingerprint density at radius 1 is 1.47 bits per heavy atom. The Kier molecular flexibility index (Phi) is 2.94. The molecule has 0 aliphatic heterocycles. The van der Waals surface area contributed by atoms with Crippen LogP contribution in [-0.2, 0) is 0 Å². The number of thiazole rings is 1. The SMILES string of the molecule is Cc1nc2c(cc(OCCCl)c3ccsc32)s1. The summed E-state index contributed by atoms with van der Waals surface area (Å²) in [6.45, 7) is 2.57. The molecule has 0 radical (unpaired) electrons. The first-order valence-corrected chi connectivity index (χ1v) is 7.49. The monoisotopic (exact) mass is 283 g/mol. The quantitative estimate of drug-likeness (QED) is 0.663. The summed E-state index contributed by atoms with van der Waals surface area (Å²) in [5.41, 5.74) is 1.09. The number of hydrogen-bond acceptors (Lipinski definition) is 4. The number of alkyl halides is 1. The van der Waals surface area contributed by atoms with Crippen LogP contribution in [0.5, 0.6) is 5.75 Å². The maximum absolute atomic E-state index is 5.70. The third kappa shape index (κ3) is 1.90. The van der Waals surface area contributed by atoms with Crippen molar-refractivity contribution in [1.29, 1.82) is 0 Å². The Balaban J connectivity index is 2.27. The third-order valence-electron chi connectivity index (χ3n) is 2.50. The lowest BCUT2D eigenvalue weighted by Crippen LogP contribution is -1.97. The van der Waals surface area contributed by atoms with Crippen molar-refractivity contribution in [3.8, 4) is 5.75 Å². The van der Waals surface area contributed by atoms with Gasteiger partial charge in [0.2, 0.25) is 0 Å². The second kappa shape index (κ2) is 4.44. The first-order valence-electron chi connectivity index (χ1n) is 5.25. The highest BCUT2D eigenvalue weighted by atomic mass is 35.5. The van der Waals surface area contributed by atoms with Crippen LogP contribution in [0.1, 0.15) is 5.01 Å². The third-order valence-corrected chi connectivity index (χ3v) is 4.50. The number of benzene rings is 1. The number of rotatable bonds is 3. The average molecular weight is 284 g/mol. The van der Waals surface area contributed by atoms with Crippen molar-refractivity contribution in [1.82, 2.24) is 4.98 Å². The molecule has 0 spiro atoms. The van der Waals surface area contributed by atoms with E-state index in [2.05, 4.69) is 22.5 Å². The summed E-state index contributed by atoms with van der Waals surface area (Å²) in [4.78, 5) is 4.58. The predicted molar refractivity (Wildman–Crippen MR) is 76.0 cm³/mol. The molecule has 0 N–H and O–H groups in total. The van der Waals surface area contributed by atoms with Crippen molar-refractivity contribution in [2.45, 2.75) is 6.92 Å². The van der Waals surface area contributed by atoms with E-state index in [1.54, 1.807) is 22.7 Å². The zero-order valence-electron chi connectivity index (χ0n) is 9.20. The lowest BCUT2D eigenvalue weighted by atomic mass is 10.2. The molecule has 2 nitrogen and oxygen atoms in total. The van der Waals surface area contributed by atoms with E-state index in [1.165, 1.54) is 9.40 Å². The number of aromatic nitrogens is 1. The molecule has 0 aliphatic carbocycles. The van der Waals surface area contributed by atoms with E-state index < -0.39 is 0 Å². The van der Waals surface area contributed by atoms with Crippen LogP contribution in [0.25, 0.3) is 20.3 Å². The van der Waals surface area contributed by atoms with Gasteiger partial charge in [0, 0.05) is 11.5 Å². The summed E-state index contributed by atoms with van der Waals surface area (Å²) in [6, 6.07) is 4.15. The zero-order valence-corrected chi connectivity index (χ0v) is 11.6. The van der Waals surface area contributed by atoms with Gasteiger partial charge in [-0.05, 0) is 18.4 Å². The van der Waals surface area contributed by atoms with Crippen molar-refractivity contribution in [2.75, 3.05) is 12.5 Å². The van der Waals surface area contributed by atoms with Crippen molar-refractivity contribution in [3.63, 3.8) is 0 Å². The molecule has 0 saturated heterocycles. The zero-order chi connectivity index (χ0) is 11.8. The molecular formula is C12H10ClNOS2. The minimum atomic E-state index is 0.505. The molecule has 0 unspecified atom stereocenters. The number of hydrogen-bond donors (Lipinski definition) is 0. The van der Waals surface area contributed by atoms with Gasteiger partial charge in [0.15, 0.2) is 0 Å². The predicted octanol–water partition coefficient (Wildman–Crippen LogP) is 4.44. The van der Waals surface area contributed by atoms with Crippen molar-refractivity contribution in [2.24, 2.45) is 0 Å². The first-order chi connectivity index (χ1) is 8.29. The highest BCUT2D eigenvalue weighted by Gasteiger charge is 2.12. The summed E-state index contributed by atoms with van der Waals surface area (Å²) in [5, 5.41) is 4.30. The molecule has 3 rings (SSSR count). The molecular weight excluding hydrogens is 274 g/mol. The fourth-order valence-electron chi connectivity index (χ4n) is 1.85. The Morgan fingerprint density at radius 2 is 2.35 bits per heavy atom. The summed E-state index contributed by atoms with van der Waals surface area (Å²) < 4.78 is 8.09. The van der Waals surface area contributed by atoms with Crippen LogP contribution >= 0.6 is 34.3 Å². The number of ether oxygens (including phenoxy) is 1. The maximum atomic E-state index is 5.70. The Morgan fingerprint density at radius 3 is 3.18 bits per heavy atom. The van der Waals surface area contributed by atoms with Crippen LogP contribution in [0.15, 0.2) is 17.5 Å². The number of fused-ring (bicyclic) bond motifs is 3. The van der Waals surface area contributed by atoms with Crippen LogP contribution in [0.2, 0.25) is 0 Å². The number of nitrogens with zero attached hydrogens (tertiary/aromatic N) is 1. The van der Waals surface area contributed by atoms with Crippen LogP contribution in [0.3, 0.4) is 0 Å². The summed E-state index contributed by atoms with van der Waals surface area (Å²) in [7, 11) is 0. The van der Waals surface area contributed by atoms with Crippen LogP contribution in [-0.4, -0.2) is 17.5 Å². The molecule has 88 valence electrons. The second-order valence-electron chi connectivity index (χ2n) is 3.66. The lowest BCUT2D eigenvalue weighted by Gasteiger charge is -2.05. The minimum absolute atomic E-state index is 0.505. The molecule has 2 heterocycles. The highest BCUT2D eigenvalue weighted by Crippen LogP contribution is 2.38. The number of aryl methyl sites for hydroxylation is 1. The molecule has 0 saturated carbocycles. The smallest absolute Gasteiger partial charge is 0.129 e. The molecule has 0 amide bonds. The second-order valence-corrected chi connectivity index (χ2v) is 6.18. The summed E-state index contributed by atoms with van der Waals surface area (Å²) >= 11 is 9.08. The highest BCUT2D eigenvalue weighted by molar-refractivity contribution is 7.21. The van der Waals surface area contributed by atoms with E-state index >= 15 is 0 Å². The average Bonchev–Trinajstić information content (AvgIpc) is 2.90. The Labute approximate surface area is 112 Å². The van der Waals surface area contributed by atoms with Gasteiger partial charge in [-0.1, -0.05) is 0 Å². The molecule has 1 aromatic carbocycles. The van der Waals surface area contributed by atoms with Gasteiger partial charge in [0.25, 0.3) is 0 Å². The fraction of sp³-hybridized carbons (Fsp3) is 0.250. The normalized spacial score (nSPS) is 11.4. The molecule has 17 heavy (non-hydrogen) atoms. The lowest BCUT2D eigenvalue weighted by molar-refractivity contribution is 0.347. The van der Waals surface area contributed by atoms with Gasteiger partial charge < -0.3 is 4.74 Å². The number of halogens is 1. The van der Waals surface area contributed by atoms with E-state index in [-0.39, 0.29) is 0 Å². The molecule has 0 fully saturated rings. The van der Waals surface area contributed by atoms with E-state index in [9.17, 15) is 0 Å². The van der Waals surface area contributed by atoms with E-state index in [4.69, 9.17) is 16.3 Å². The van der Waals surface area contributed by atoms with Crippen LogP contribution < -0.4 is 4.74 Å². The van der Waals surface area contributed by atoms with Gasteiger partial charge in [-0.25, -0.2) is 4.98 Å². The Bertz CT molecular complexity index is 674. The largest absolute Gasteiger partial charge is 0.492 e. The fourth-order valence-corrected chi connectivity index (χ4v) is 3.77. The Hall–Kier alpha value is -0.840. The topological polar surface area (TPSA) is 22.1 Å². The molecule has 0 bridgehead atoms. The van der Waals surface area contributed by atoms with E-state index in [0.717, 1.165) is 21.7 Å². The summed E-state index contributed by atoms with van der Waals surface area (Å²) in [6.07, 6.45) is 0. The molecule has 3 aromatic rings. The van der Waals surface area contributed by atoms with Gasteiger partial charge in [-0.3, -0.25) is 0 Å². The van der Waals surface area contributed by atoms with Crippen molar-refractivity contribution < 1.29 is 4.74 Å². The molecule has 5 heteroatoms. The van der Waals surface area contributed by atoms with Gasteiger partial charge in [0.1, 0.15) is 12.4 Å². The van der Waals surface area contributed by atoms with Gasteiger partial charge in [-0.15, -0.1) is 34.3 Å². The molecule has 0 atom stereocenters. The number of thiophene rings is 1. The van der Waals surface area contributed by atoms with E-state index in [1.807, 2.05) is 6.92 Å². The van der Waals surface area contributed by atoms with Crippen LogP contribution in [0, 0.1) is 6.92 Å². The van der Waals surface area contributed by atoms with Crippen LogP contribution in [0.4, 0.5) is 0 Å². The molecule has 0 aliphatic rings.